The highest BCUT2D eigenvalue weighted by Gasteiger charge is 2.16. The van der Waals surface area contributed by atoms with E-state index in [1.807, 2.05) is 6.07 Å². The Morgan fingerprint density at radius 1 is 1.44 bits per heavy atom. The number of rotatable bonds is 5. The van der Waals surface area contributed by atoms with Crippen molar-refractivity contribution < 1.29 is 14.6 Å². The molecular formula is C14H19NO3. The molecular weight excluding hydrogens is 230 g/mol. The number of phenolic OH excluding ortho intramolecular Hbond substituents is 1. The number of phenols is 1. The average molecular weight is 249 g/mol. The average Bonchev–Trinajstić information content (AvgIpc) is 2.88. The topological polar surface area (TPSA) is 58.6 Å². The molecule has 0 saturated carbocycles. The molecule has 1 unspecified atom stereocenters. The van der Waals surface area contributed by atoms with E-state index in [1.165, 1.54) is 0 Å². The number of para-hydroxylation sites is 1. The lowest BCUT2D eigenvalue weighted by Gasteiger charge is -2.10. The molecule has 1 amide bonds. The maximum absolute atomic E-state index is 11.6. The minimum atomic E-state index is 0.00810. The second-order valence-electron chi connectivity index (χ2n) is 4.58. The summed E-state index contributed by atoms with van der Waals surface area (Å²) in [5.74, 6) is 0.227. The summed E-state index contributed by atoms with van der Waals surface area (Å²) in [6.07, 6.45) is 3.68. The van der Waals surface area contributed by atoms with Crippen LogP contribution in [0.4, 0.5) is 0 Å². The highest BCUT2D eigenvalue weighted by molar-refractivity contribution is 5.75. The van der Waals surface area contributed by atoms with Crippen LogP contribution >= 0.6 is 0 Å². The van der Waals surface area contributed by atoms with Gasteiger partial charge in [-0.25, -0.2) is 0 Å². The maximum Gasteiger partial charge on any atom is 0.220 e. The minimum absolute atomic E-state index is 0.00810. The van der Waals surface area contributed by atoms with Gasteiger partial charge in [-0.15, -0.1) is 0 Å². The van der Waals surface area contributed by atoms with Crippen LogP contribution in [0.1, 0.15) is 31.2 Å². The van der Waals surface area contributed by atoms with E-state index in [1.54, 1.807) is 18.2 Å². The van der Waals surface area contributed by atoms with Crippen molar-refractivity contribution in [3.05, 3.63) is 29.8 Å². The predicted octanol–water partition coefficient (Wildman–Crippen LogP) is 1.97. The van der Waals surface area contributed by atoms with Crippen molar-refractivity contribution >= 4 is 5.91 Å². The third kappa shape index (κ3) is 3.74. The van der Waals surface area contributed by atoms with Crippen LogP contribution in [0.15, 0.2) is 24.3 Å². The van der Waals surface area contributed by atoms with Crippen LogP contribution in [-0.2, 0) is 16.1 Å². The molecule has 1 aromatic carbocycles. The fourth-order valence-corrected chi connectivity index (χ4v) is 2.11. The molecule has 0 aliphatic carbocycles. The van der Waals surface area contributed by atoms with Crippen LogP contribution in [-0.4, -0.2) is 23.7 Å². The fourth-order valence-electron chi connectivity index (χ4n) is 2.11. The Labute approximate surface area is 107 Å². The van der Waals surface area contributed by atoms with Gasteiger partial charge in [-0.3, -0.25) is 4.79 Å². The number of ether oxygens (including phenoxy) is 1. The van der Waals surface area contributed by atoms with Gasteiger partial charge in [-0.1, -0.05) is 18.2 Å². The Balaban J connectivity index is 1.69. The van der Waals surface area contributed by atoms with Gasteiger partial charge in [0.1, 0.15) is 5.75 Å². The first-order valence-electron chi connectivity index (χ1n) is 6.41. The van der Waals surface area contributed by atoms with Crippen LogP contribution in [0.5, 0.6) is 5.75 Å². The quantitative estimate of drug-likeness (QED) is 0.838. The van der Waals surface area contributed by atoms with Gasteiger partial charge < -0.3 is 15.2 Å². The molecule has 0 aromatic heterocycles. The number of benzene rings is 1. The van der Waals surface area contributed by atoms with Gasteiger partial charge in [-0.05, 0) is 25.3 Å². The highest BCUT2D eigenvalue weighted by Crippen LogP contribution is 2.17. The van der Waals surface area contributed by atoms with E-state index in [4.69, 9.17) is 4.74 Å². The van der Waals surface area contributed by atoms with Gasteiger partial charge in [0.2, 0.25) is 5.91 Å². The molecule has 1 aromatic rings. The number of carbonyl (C=O) groups excluding carboxylic acids is 1. The normalized spacial score (nSPS) is 18.8. The predicted molar refractivity (Wildman–Crippen MR) is 68.2 cm³/mol. The van der Waals surface area contributed by atoms with Gasteiger partial charge in [0.15, 0.2) is 0 Å². The Kier molecular flexibility index (Phi) is 4.59. The van der Waals surface area contributed by atoms with Crippen molar-refractivity contribution in [1.29, 1.82) is 0 Å². The van der Waals surface area contributed by atoms with E-state index >= 15 is 0 Å². The molecule has 1 atom stereocenters. The van der Waals surface area contributed by atoms with Crippen molar-refractivity contribution in [2.45, 2.75) is 38.3 Å². The van der Waals surface area contributed by atoms with Crippen LogP contribution in [0.2, 0.25) is 0 Å². The number of hydrogen-bond acceptors (Lipinski definition) is 3. The lowest BCUT2D eigenvalue weighted by Crippen LogP contribution is -2.23. The standard InChI is InChI=1S/C14H19NO3/c16-13-6-2-1-4-11(13)10-15-14(17)8-7-12-5-3-9-18-12/h1-2,4,6,12,16H,3,5,7-10H2,(H,15,17). The fraction of sp³-hybridized carbons (Fsp3) is 0.500. The second-order valence-corrected chi connectivity index (χ2v) is 4.58. The molecule has 1 saturated heterocycles. The van der Waals surface area contributed by atoms with E-state index < -0.39 is 0 Å². The molecule has 4 nitrogen and oxygen atoms in total. The smallest absolute Gasteiger partial charge is 0.220 e. The van der Waals surface area contributed by atoms with Crippen molar-refractivity contribution in [2.75, 3.05) is 6.61 Å². The van der Waals surface area contributed by atoms with Gasteiger partial charge >= 0.3 is 0 Å². The van der Waals surface area contributed by atoms with Crippen LogP contribution in [0, 0.1) is 0 Å². The molecule has 98 valence electrons. The first-order valence-corrected chi connectivity index (χ1v) is 6.41. The molecule has 1 fully saturated rings. The molecule has 1 heterocycles. The van der Waals surface area contributed by atoms with Crippen molar-refractivity contribution in [3.8, 4) is 5.75 Å². The first kappa shape index (κ1) is 12.9. The summed E-state index contributed by atoms with van der Waals surface area (Å²) in [6.45, 7) is 1.20. The molecule has 2 N–H and O–H groups in total. The monoisotopic (exact) mass is 249 g/mol. The lowest BCUT2D eigenvalue weighted by molar-refractivity contribution is -0.121. The molecule has 2 rings (SSSR count). The Morgan fingerprint density at radius 2 is 2.28 bits per heavy atom. The summed E-state index contributed by atoms with van der Waals surface area (Å²) in [6, 6.07) is 7.02. The van der Waals surface area contributed by atoms with Crippen LogP contribution in [0.3, 0.4) is 0 Å². The molecule has 0 radical (unpaired) electrons. The molecule has 0 bridgehead atoms. The largest absolute Gasteiger partial charge is 0.508 e. The van der Waals surface area contributed by atoms with Gasteiger partial charge in [-0.2, -0.15) is 0 Å². The number of hydrogen-bond donors (Lipinski definition) is 2. The molecule has 1 aliphatic rings. The summed E-state index contributed by atoms with van der Waals surface area (Å²) in [5.41, 5.74) is 0.739. The van der Waals surface area contributed by atoms with E-state index in [9.17, 15) is 9.90 Å². The van der Waals surface area contributed by atoms with E-state index in [0.717, 1.165) is 31.4 Å². The van der Waals surface area contributed by atoms with Crippen molar-refractivity contribution in [3.63, 3.8) is 0 Å². The summed E-state index contributed by atoms with van der Waals surface area (Å²) in [4.78, 5) is 11.6. The van der Waals surface area contributed by atoms with Gasteiger partial charge in [0.25, 0.3) is 0 Å². The zero-order valence-corrected chi connectivity index (χ0v) is 10.4. The molecule has 0 spiro atoms. The van der Waals surface area contributed by atoms with E-state index in [0.29, 0.717) is 13.0 Å². The van der Waals surface area contributed by atoms with Crippen molar-refractivity contribution in [1.82, 2.24) is 5.32 Å². The summed E-state index contributed by atoms with van der Waals surface area (Å²) in [7, 11) is 0. The highest BCUT2D eigenvalue weighted by atomic mass is 16.5. The first-order chi connectivity index (χ1) is 8.75. The Hall–Kier alpha value is -1.55. The maximum atomic E-state index is 11.6. The van der Waals surface area contributed by atoms with Crippen LogP contribution in [0.25, 0.3) is 0 Å². The summed E-state index contributed by atoms with van der Waals surface area (Å²) >= 11 is 0. The third-order valence-electron chi connectivity index (χ3n) is 3.18. The number of carbonyl (C=O) groups is 1. The van der Waals surface area contributed by atoms with Crippen molar-refractivity contribution in [2.24, 2.45) is 0 Å². The van der Waals surface area contributed by atoms with Gasteiger partial charge in [0, 0.05) is 25.1 Å². The Bertz CT molecular complexity index is 400. The SMILES string of the molecule is O=C(CCC1CCCO1)NCc1ccccc1O. The molecule has 18 heavy (non-hydrogen) atoms. The molecule has 1 aliphatic heterocycles. The van der Waals surface area contributed by atoms with E-state index in [2.05, 4.69) is 5.32 Å². The molecule has 4 heteroatoms. The number of amides is 1. The lowest BCUT2D eigenvalue weighted by atomic mass is 10.1. The number of nitrogens with one attached hydrogen (secondary N) is 1. The van der Waals surface area contributed by atoms with Gasteiger partial charge in [0.05, 0.1) is 6.10 Å². The second kappa shape index (κ2) is 6.40. The summed E-state index contributed by atoms with van der Waals surface area (Å²) < 4.78 is 5.47. The van der Waals surface area contributed by atoms with E-state index in [-0.39, 0.29) is 17.8 Å². The minimum Gasteiger partial charge on any atom is -0.508 e. The van der Waals surface area contributed by atoms with Crippen LogP contribution < -0.4 is 5.32 Å². The third-order valence-corrected chi connectivity index (χ3v) is 3.18. The Morgan fingerprint density at radius 3 is 3.00 bits per heavy atom. The zero-order valence-electron chi connectivity index (χ0n) is 10.4. The summed E-state index contributed by atoms with van der Waals surface area (Å²) in [5, 5.41) is 12.4. The zero-order chi connectivity index (χ0) is 12.8. The number of aromatic hydroxyl groups is 1.